The van der Waals surface area contributed by atoms with E-state index in [1.54, 1.807) is 0 Å². The van der Waals surface area contributed by atoms with Crippen LogP contribution in [-0.4, -0.2) is 15.7 Å². The van der Waals surface area contributed by atoms with E-state index in [4.69, 9.17) is 11.6 Å². The van der Waals surface area contributed by atoms with Gasteiger partial charge in [-0.2, -0.15) is 27.1 Å². The minimum Gasteiger partial charge on any atom is -0.278 e. The summed E-state index contributed by atoms with van der Waals surface area (Å²) in [5.41, 5.74) is 1.20. The fourth-order valence-corrected chi connectivity index (χ4v) is 1.91. The van der Waals surface area contributed by atoms with E-state index in [0.717, 1.165) is 36.8 Å². The standard InChI is InChI=1S/C14H10ClF5N4/c1-8(11-6-21-7-22-12(11)13(15,16)17)23-24-10-4-2-9(3-5-10)14(18,19)20/h2-7,24H,1H3. The zero-order valence-electron chi connectivity index (χ0n) is 12.1. The Morgan fingerprint density at radius 1 is 1.12 bits per heavy atom. The molecule has 0 spiro atoms. The second-order valence-electron chi connectivity index (χ2n) is 4.67. The maximum atomic E-state index is 13.3. The average Bonchev–Trinajstić information content (AvgIpc) is 2.51. The lowest BCUT2D eigenvalue weighted by Gasteiger charge is -2.12. The van der Waals surface area contributed by atoms with Gasteiger partial charge in [-0.15, -0.1) is 0 Å². The second kappa shape index (κ2) is 6.68. The van der Waals surface area contributed by atoms with Crippen LogP contribution < -0.4 is 5.43 Å². The Balaban J connectivity index is 2.21. The van der Waals surface area contributed by atoms with Gasteiger partial charge >= 0.3 is 11.6 Å². The Morgan fingerprint density at radius 3 is 2.29 bits per heavy atom. The van der Waals surface area contributed by atoms with Gasteiger partial charge in [0.05, 0.1) is 17.0 Å². The Bertz CT molecular complexity index is 738. The number of rotatable bonds is 4. The molecule has 0 atom stereocenters. The minimum atomic E-state index is -4.44. The maximum absolute atomic E-state index is 13.3. The van der Waals surface area contributed by atoms with Crippen LogP contribution in [0.2, 0.25) is 0 Å². The van der Waals surface area contributed by atoms with Gasteiger partial charge in [0.15, 0.2) is 0 Å². The molecule has 1 aromatic carbocycles. The molecule has 0 unspecified atom stereocenters. The lowest BCUT2D eigenvalue weighted by atomic mass is 10.1. The van der Waals surface area contributed by atoms with Crippen molar-refractivity contribution in [2.45, 2.75) is 18.5 Å². The molecular formula is C14H10ClF5N4. The Kier molecular flexibility index (Phi) is 5.02. The third kappa shape index (κ3) is 4.38. The molecule has 0 saturated heterocycles. The molecule has 0 saturated carbocycles. The first kappa shape index (κ1) is 18.1. The smallest absolute Gasteiger partial charge is 0.278 e. The fraction of sp³-hybridized carbons (Fsp3) is 0.214. The van der Waals surface area contributed by atoms with Crippen LogP contribution in [0, 0.1) is 0 Å². The van der Waals surface area contributed by atoms with Crippen LogP contribution in [0.25, 0.3) is 0 Å². The number of nitrogens with one attached hydrogen (secondary N) is 1. The average molecular weight is 365 g/mol. The van der Waals surface area contributed by atoms with Crippen LogP contribution in [0.15, 0.2) is 41.9 Å². The van der Waals surface area contributed by atoms with Crippen LogP contribution in [-0.2, 0) is 11.6 Å². The topological polar surface area (TPSA) is 50.2 Å². The van der Waals surface area contributed by atoms with Crippen LogP contribution >= 0.6 is 11.6 Å². The van der Waals surface area contributed by atoms with Gasteiger partial charge in [0, 0.05) is 11.8 Å². The van der Waals surface area contributed by atoms with Crippen molar-refractivity contribution in [1.29, 1.82) is 0 Å². The number of aromatic nitrogens is 2. The van der Waals surface area contributed by atoms with Crippen molar-refractivity contribution in [3.63, 3.8) is 0 Å². The molecule has 0 fully saturated rings. The lowest BCUT2D eigenvalue weighted by Crippen LogP contribution is -2.14. The predicted octanol–water partition coefficient (Wildman–Crippen LogP) is 4.62. The number of alkyl halides is 6. The summed E-state index contributed by atoms with van der Waals surface area (Å²) in [6.07, 6.45) is -2.41. The normalized spacial score (nSPS) is 13.0. The molecule has 0 bridgehead atoms. The van der Waals surface area contributed by atoms with E-state index in [1.807, 2.05) is 0 Å². The molecule has 0 amide bonds. The van der Waals surface area contributed by atoms with E-state index in [2.05, 4.69) is 20.5 Å². The van der Waals surface area contributed by atoms with Crippen LogP contribution in [0.4, 0.5) is 27.6 Å². The summed E-state index contributed by atoms with van der Waals surface area (Å²) in [6, 6.07) is 4.07. The van der Waals surface area contributed by atoms with E-state index in [-0.39, 0.29) is 17.0 Å². The number of hydrogen-bond acceptors (Lipinski definition) is 4. The molecular weight excluding hydrogens is 355 g/mol. The largest absolute Gasteiger partial charge is 0.416 e. The van der Waals surface area contributed by atoms with Crippen molar-refractivity contribution in [1.82, 2.24) is 9.97 Å². The van der Waals surface area contributed by atoms with Crippen LogP contribution in [0.5, 0.6) is 0 Å². The number of anilines is 1. The highest BCUT2D eigenvalue weighted by Crippen LogP contribution is 2.33. The molecule has 1 N–H and O–H groups in total. The highest BCUT2D eigenvalue weighted by Gasteiger charge is 2.33. The van der Waals surface area contributed by atoms with Crippen molar-refractivity contribution in [2.75, 3.05) is 5.43 Å². The van der Waals surface area contributed by atoms with Gasteiger partial charge in [-0.05, 0) is 42.8 Å². The van der Waals surface area contributed by atoms with Crippen molar-refractivity contribution in [3.8, 4) is 0 Å². The monoisotopic (exact) mass is 364 g/mol. The van der Waals surface area contributed by atoms with Crippen molar-refractivity contribution in [2.24, 2.45) is 5.10 Å². The van der Waals surface area contributed by atoms with Gasteiger partial charge in [-0.25, -0.2) is 9.97 Å². The molecule has 4 nitrogen and oxygen atoms in total. The molecule has 2 aromatic rings. The van der Waals surface area contributed by atoms with E-state index in [0.29, 0.717) is 0 Å². The number of hydrogen-bond donors (Lipinski definition) is 1. The van der Waals surface area contributed by atoms with E-state index >= 15 is 0 Å². The quantitative estimate of drug-likeness (QED) is 0.373. The van der Waals surface area contributed by atoms with E-state index in [9.17, 15) is 22.0 Å². The van der Waals surface area contributed by atoms with Gasteiger partial charge in [-0.3, -0.25) is 5.43 Å². The first-order chi connectivity index (χ1) is 11.1. The summed E-state index contributed by atoms with van der Waals surface area (Å²) in [5.74, 6) is 0. The molecule has 128 valence electrons. The second-order valence-corrected chi connectivity index (χ2v) is 5.14. The van der Waals surface area contributed by atoms with Gasteiger partial charge in [-0.1, -0.05) is 0 Å². The zero-order chi connectivity index (χ0) is 18.0. The Labute approximate surface area is 138 Å². The highest BCUT2D eigenvalue weighted by molar-refractivity contribution is 6.22. The number of hydrazone groups is 1. The van der Waals surface area contributed by atoms with Crippen molar-refractivity contribution in [3.05, 3.63) is 53.6 Å². The third-order valence-corrected chi connectivity index (χ3v) is 3.11. The van der Waals surface area contributed by atoms with Crippen molar-refractivity contribution < 1.29 is 22.0 Å². The summed E-state index contributed by atoms with van der Waals surface area (Å²) in [4.78, 5) is 7.07. The third-order valence-electron chi connectivity index (χ3n) is 2.94. The maximum Gasteiger partial charge on any atom is 0.416 e. The number of nitrogens with zero attached hydrogens (tertiary/aromatic N) is 3. The number of benzene rings is 1. The molecule has 0 radical (unpaired) electrons. The summed E-state index contributed by atoms with van der Waals surface area (Å²) < 4.78 is 64.0. The minimum absolute atomic E-state index is 0.0862. The summed E-state index contributed by atoms with van der Waals surface area (Å²) in [6.45, 7) is 1.40. The summed E-state index contributed by atoms with van der Waals surface area (Å²) in [5, 5.41) is 0.139. The van der Waals surface area contributed by atoms with Crippen LogP contribution in [0.3, 0.4) is 0 Å². The fourth-order valence-electron chi connectivity index (χ4n) is 1.76. The van der Waals surface area contributed by atoms with Gasteiger partial charge in [0.25, 0.3) is 0 Å². The highest BCUT2D eigenvalue weighted by atomic mass is 35.5. The summed E-state index contributed by atoms with van der Waals surface area (Å²) >= 11 is 4.98. The van der Waals surface area contributed by atoms with Gasteiger partial charge < -0.3 is 0 Å². The zero-order valence-corrected chi connectivity index (χ0v) is 12.8. The SMILES string of the molecule is CC(=NNc1ccc(C(F)(F)F)cc1)c1cncnc1C(F)(F)Cl. The van der Waals surface area contributed by atoms with Gasteiger partial charge in [0.1, 0.15) is 12.0 Å². The predicted molar refractivity (Wildman–Crippen MR) is 79.1 cm³/mol. The molecule has 24 heavy (non-hydrogen) atoms. The Hall–Kier alpha value is -2.29. The first-order valence-electron chi connectivity index (χ1n) is 6.44. The molecule has 0 aliphatic carbocycles. The summed E-state index contributed by atoms with van der Waals surface area (Å²) in [7, 11) is 0. The lowest BCUT2D eigenvalue weighted by molar-refractivity contribution is -0.137. The number of halogens is 6. The van der Waals surface area contributed by atoms with Gasteiger partial charge in [0.2, 0.25) is 0 Å². The molecule has 2 rings (SSSR count). The van der Waals surface area contributed by atoms with Crippen molar-refractivity contribution >= 4 is 23.0 Å². The molecule has 10 heteroatoms. The van der Waals surface area contributed by atoms with E-state index < -0.39 is 22.8 Å². The first-order valence-corrected chi connectivity index (χ1v) is 6.82. The molecule has 0 aliphatic rings. The van der Waals surface area contributed by atoms with Crippen LogP contribution in [0.1, 0.15) is 23.7 Å². The Morgan fingerprint density at radius 2 is 1.75 bits per heavy atom. The van der Waals surface area contributed by atoms with E-state index in [1.165, 1.54) is 6.92 Å². The molecule has 1 aromatic heterocycles. The molecule has 1 heterocycles. The molecule has 0 aliphatic heterocycles.